The van der Waals surface area contributed by atoms with E-state index in [4.69, 9.17) is 9.40 Å². The summed E-state index contributed by atoms with van der Waals surface area (Å²) in [6.07, 6.45) is 0. The van der Waals surface area contributed by atoms with E-state index in [1.54, 1.807) is 11.1 Å². The van der Waals surface area contributed by atoms with Gasteiger partial charge in [0, 0.05) is 10.8 Å². The van der Waals surface area contributed by atoms with Crippen molar-refractivity contribution in [2.75, 3.05) is 0 Å². The zero-order valence-electron chi connectivity index (χ0n) is 30.4. The average molecular weight is 725 g/mol. The summed E-state index contributed by atoms with van der Waals surface area (Å²) < 4.78 is 9.25. The fourth-order valence-corrected chi connectivity index (χ4v) is 14.4. The van der Waals surface area contributed by atoms with Gasteiger partial charge in [-0.1, -0.05) is 54.6 Å². The van der Waals surface area contributed by atoms with Gasteiger partial charge in [0.05, 0.1) is 0 Å². The summed E-state index contributed by atoms with van der Waals surface area (Å²) >= 11 is -1.74. The zero-order chi connectivity index (χ0) is 35.0. The van der Waals surface area contributed by atoms with Crippen LogP contribution in [0.15, 0.2) is 126 Å². The number of aromatic nitrogens is 2. The molecule has 3 heterocycles. The molecule has 2 aromatic heterocycles. The van der Waals surface area contributed by atoms with Crippen molar-refractivity contribution in [3.8, 4) is 39.3 Å². The standard InChI is InChI=1S/C47H44GeN2O/c1-29(2)40-24-35(32-19-20-34-27-48(5,6)28-36(34)23-32)25-41(30(3)4)45(40)50-43-18-11-10-17-42(43)49-47(50)39-16-12-15-38-37-22-21-33(26-44(37)51-46(38)39)31-13-8-7-9-14-31/h7-26,29-30H,27-28H2,1-6H3. The fraction of sp³-hybridized carbons (Fsp3) is 0.213. The molecule has 9 rings (SSSR count). The van der Waals surface area contributed by atoms with Gasteiger partial charge >= 0.3 is 206 Å². The van der Waals surface area contributed by atoms with E-state index in [0.717, 1.165) is 49.9 Å². The van der Waals surface area contributed by atoms with Crippen LogP contribution in [-0.4, -0.2) is 22.8 Å². The Hall–Kier alpha value is -4.87. The molecule has 1 aliphatic heterocycles. The zero-order valence-corrected chi connectivity index (χ0v) is 32.5. The SMILES string of the molecule is CC(C)c1cc(-c2ccc3c(c2)[CH2][Ge]([CH3])([CH3])[CH2]3)cc(C(C)C)c1-n1c(-c2cccc3c2oc2cc(-c4ccccc4)ccc23)nc2ccccc21. The first kappa shape index (κ1) is 32.1. The third-order valence-corrected chi connectivity index (χ3v) is 16.5. The molecular formula is C47H44GeN2O. The van der Waals surface area contributed by atoms with E-state index in [9.17, 15) is 0 Å². The molecule has 0 bridgehead atoms. The van der Waals surface area contributed by atoms with Crippen molar-refractivity contribution in [2.45, 2.75) is 61.5 Å². The van der Waals surface area contributed by atoms with Gasteiger partial charge in [0.25, 0.3) is 0 Å². The van der Waals surface area contributed by atoms with Crippen LogP contribution in [0.2, 0.25) is 11.5 Å². The molecule has 0 atom stereocenters. The predicted molar refractivity (Wildman–Crippen MR) is 218 cm³/mol. The van der Waals surface area contributed by atoms with Crippen LogP contribution in [-0.2, 0) is 10.5 Å². The van der Waals surface area contributed by atoms with Crippen LogP contribution in [0.4, 0.5) is 0 Å². The summed E-state index contributed by atoms with van der Waals surface area (Å²) in [5.74, 6) is 6.65. The van der Waals surface area contributed by atoms with E-state index in [1.807, 2.05) is 0 Å². The Morgan fingerprint density at radius 3 is 2.06 bits per heavy atom. The molecule has 0 saturated carbocycles. The van der Waals surface area contributed by atoms with E-state index in [1.165, 1.54) is 44.0 Å². The van der Waals surface area contributed by atoms with Crippen LogP contribution in [0, 0.1) is 0 Å². The number of rotatable bonds is 6. The predicted octanol–water partition coefficient (Wildman–Crippen LogP) is 13.1. The van der Waals surface area contributed by atoms with E-state index < -0.39 is 13.3 Å². The second kappa shape index (κ2) is 12.1. The third-order valence-electron chi connectivity index (χ3n) is 10.9. The molecule has 0 radical (unpaired) electrons. The van der Waals surface area contributed by atoms with Gasteiger partial charge in [-0.05, 0) is 23.3 Å². The van der Waals surface area contributed by atoms with Crippen LogP contribution in [0.25, 0.3) is 72.3 Å². The molecule has 6 aromatic carbocycles. The van der Waals surface area contributed by atoms with Crippen molar-refractivity contribution in [3.05, 3.63) is 144 Å². The molecule has 8 aromatic rings. The van der Waals surface area contributed by atoms with Crippen LogP contribution in [0.5, 0.6) is 0 Å². The van der Waals surface area contributed by atoms with Crippen molar-refractivity contribution in [3.63, 3.8) is 0 Å². The summed E-state index contributed by atoms with van der Waals surface area (Å²) in [5.41, 5.74) is 16.9. The Balaban J connectivity index is 1.28. The molecule has 0 unspecified atom stereocenters. The number of hydrogen-bond donors (Lipinski definition) is 0. The minimum absolute atomic E-state index is 0.299. The van der Waals surface area contributed by atoms with Crippen LogP contribution >= 0.6 is 0 Å². The maximum absolute atomic E-state index is 6.82. The summed E-state index contributed by atoms with van der Waals surface area (Å²) in [5, 5.41) is 4.88. The summed E-state index contributed by atoms with van der Waals surface area (Å²) in [6.45, 7) is 9.31. The van der Waals surface area contributed by atoms with Crippen molar-refractivity contribution in [1.29, 1.82) is 0 Å². The first-order valence-corrected chi connectivity index (χ1v) is 25.6. The van der Waals surface area contributed by atoms with Crippen molar-refractivity contribution in [1.82, 2.24) is 9.55 Å². The van der Waals surface area contributed by atoms with Gasteiger partial charge in [-0.15, -0.1) is 0 Å². The number of hydrogen-bond acceptors (Lipinski definition) is 2. The molecule has 1 aliphatic rings. The summed E-state index contributed by atoms with van der Waals surface area (Å²) in [6, 6.07) is 44.4. The van der Waals surface area contributed by atoms with Gasteiger partial charge in [0.1, 0.15) is 5.58 Å². The molecule has 4 heteroatoms. The van der Waals surface area contributed by atoms with E-state index >= 15 is 0 Å². The number of fused-ring (bicyclic) bond motifs is 5. The van der Waals surface area contributed by atoms with Gasteiger partial charge in [0.2, 0.25) is 0 Å². The first-order chi connectivity index (χ1) is 24.6. The van der Waals surface area contributed by atoms with Crippen molar-refractivity contribution < 1.29 is 4.42 Å². The molecule has 3 nitrogen and oxygen atoms in total. The van der Waals surface area contributed by atoms with E-state index in [-0.39, 0.29) is 0 Å². The Labute approximate surface area is 303 Å². The molecule has 0 spiro atoms. The molecule has 0 saturated heterocycles. The maximum atomic E-state index is 6.82. The van der Waals surface area contributed by atoms with Gasteiger partial charge in [-0.3, -0.25) is 0 Å². The van der Waals surface area contributed by atoms with Crippen LogP contribution < -0.4 is 0 Å². The van der Waals surface area contributed by atoms with Gasteiger partial charge in [0.15, 0.2) is 0 Å². The normalized spacial score (nSPS) is 14.0. The van der Waals surface area contributed by atoms with Crippen LogP contribution in [0.1, 0.15) is 61.8 Å². The molecule has 0 amide bonds. The number of benzene rings is 6. The molecule has 0 aliphatic carbocycles. The molecule has 0 N–H and O–H groups in total. The van der Waals surface area contributed by atoms with Crippen molar-refractivity contribution in [2.24, 2.45) is 0 Å². The average Bonchev–Trinajstić information content (AvgIpc) is 3.80. The topological polar surface area (TPSA) is 31.0 Å². The van der Waals surface area contributed by atoms with Gasteiger partial charge < -0.3 is 4.42 Å². The number of para-hydroxylation sites is 3. The first-order valence-electron chi connectivity index (χ1n) is 18.4. The molecule has 0 fully saturated rings. The monoisotopic (exact) mass is 726 g/mol. The summed E-state index contributed by atoms with van der Waals surface area (Å²) in [7, 11) is 0. The van der Waals surface area contributed by atoms with Crippen LogP contribution in [0.3, 0.4) is 0 Å². The van der Waals surface area contributed by atoms with Crippen molar-refractivity contribution >= 4 is 46.2 Å². The number of nitrogens with zero attached hydrogens (tertiary/aromatic N) is 2. The van der Waals surface area contributed by atoms with E-state index in [0.29, 0.717) is 11.8 Å². The van der Waals surface area contributed by atoms with Gasteiger partial charge in [-0.25, -0.2) is 0 Å². The Morgan fingerprint density at radius 2 is 1.29 bits per heavy atom. The Kier molecular flexibility index (Phi) is 7.63. The van der Waals surface area contributed by atoms with E-state index in [2.05, 4.69) is 165 Å². The second-order valence-electron chi connectivity index (χ2n) is 15.9. The third kappa shape index (κ3) is 5.45. The summed E-state index contributed by atoms with van der Waals surface area (Å²) in [4.78, 5) is 5.39. The Bertz CT molecular complexity index is 2590. The van der Waals surface area contributed by atoms with Gasteiger partial charge in [-0.2, -0.15) is 0 Å². The number of imidazole rings is 1. The molecule has 51 heavy (non-hydrogen) atoms. The quantitative estimate of drug-likeness (QED) is 0.160. The Morgan fingerprint density at radius 1 is 0.608 bits per heavy atom. The number of furan rings is 1. The molecule has 252 valence electrons. The fourth-order valence-electron chi connectivity index (χ4n) is 8.44. The molecular weight excluding hydrogens is 681 g/mol. The second-order valence-corrected chi connectivity index (χ2v) is 26.5. The minimum atomic E-state index is -1.74.